The van der Waals surface area contributed by atoms with Gasteiger partial charge in [-0.15, -0.1) is 0 Å². The lowest BCUT2D eigenvalue weighted by atomic mass is 10.0. The first-order valence-corrected chi connectivity index (χ1v) is 26.8. The number of unbranched alkanes of at least 4 members (excludes halogenated alkanes) is 34. The Balaban J connectivity index is 4.24. The summed E-state index contributed by atoms with van der Waals surface area (Å²) in [5, 5.41) is 0. The van der Waals surface area contributed by atoms with Crippen molar-refractivity contribution in [1.29, 1.82) is 0 Å². The van der Waals surface area contributed by atoms with Crippen LogP contribution in [0.4, 0.5) is 0 Å². The van der Waals surface area contributed by atoms with E-state index in [-0.39, 0.29) is 31.1 Å². The molecule has 0 heterocycles. The minimum absolute atomic E-state index is 0.0735. The van der Waals surface area contributed by atoms with Crippen LogP contribution in [0.15, 0.2) is 24.3 Å². The Kier molecular flexibility index (Phi) is 48.8. The van der Waals surface area contributed by atoms with E-state index >= 15 is 0 Å². The number of hydrogen-bond acceptors (Lipinski definition) is 6. The summed E-state index contributed by atoms with van der Waals surface area (Å²) in [4.78, 5) is 37.9. The SMILES string of the molecule is CCC/C=C\CCCCCCCC(=O)OCC(COC(=O)CCCCCCCCCCCCCCCCCCCCCC)OC(=O)CCCCCCC/C=C\CCCCCC. The fraction of sp³-hybridized carbons (Fsp3) is 0.873. The molecule has 0 aliphatic carbocycles. The topological polar surface area (TPSA) is 78.9 Å². The molecule has 0 bridgehead atoms. The van der Waals surface area contributed by atoms with Crippen molar-refractivity contribution in [2.45, 2.75) is 297 Å². The molecule has 0 amide bonds. The fourth-order valence-electron chi connectivity index (χ4n) is 7.85. The average Bonchev–Trinajstić information content (AvgIpc) is 3.26. The third kappa shape index (κ3) is 48.8. The third-order valence-electron chi connectivity index (χ3n) is 11.9. The lowest BCUT2D eigenvalue weighted by Crippen LogP contribution is -2.30. The number of carbonyl (C=O) groups excluding carboxylic acids is 3. The molecule has 0 fully saturated rings. The summed E-state index contributed by atoms with van der Waals surface area (Å²) in [6.07, 6.45) is 57.4. The quantitative estimate of drug-likeness (QED) is 0.0262. The summed E-state index contributed by atoms with van der Waals surface area (Å²) >= 11 is 0. The highest BCUT2D eigenvalue weighted by Crippen LogP contribution is 2.16. The van der Waals surface area contributed by atoms with Gasteiger partial charge in [0.15, 0.2) is 6.10 Å². The number of ether oxygens (including phenoxy) is 3. The molecule has 0 aliphatic rings. The van der Waals surface area contributed by atoms with E-state index in [1.807, 2.05) is 0 Å². The molecule has 0 spiro atoms. The molecule has 0 saturated carbocycles. The van der Waals surface area contributed by atoms with Gasteiger partial charge < -0.3 is 14.2 Å². The molecule has 1 atom stereocenters. The van der Waals surface area contributed by atoms with Crippen LogP contribution >= 0.6 is 0 Å². The maximum Gasteiger partial charge on any atom is 0.306 e. The minimum Gasteiger partial charge on any atom is -0.462 e. The zero-order valence-electron chi connectivity index (χ0n) is 40.9. The molecule has 358 valence electrons. The average molecular weight is 859 g/mol. The molecule has 1 unspecified atom stereocenters. The van der Waals surface area contributed by atoms with Crippen LogP contribution in [0.3, 0.4) is 0 Å². The number of hydrogen-bond donors (Lipinski definition) is 0. The smallest absolute Gasteiger partial charge is 0.306 e. The first kappa shape index (κ1) is 58.9. The largest absolute Gasteiger partial charge is 0.462 e. The Labute approximate surface area is 379 Å². The molecule has 0 aromatic rings. The Bertz CT molecular complexity index is 989. The lowest BCUT2D eigenvalue weighted by Gasteiger charge is -2.18. The highest BCUT2D eigenvalue weighted by atomic mass is 16.6. The van der Waals surface area contributed by atoms with E-state index < -0.39 is 6.10 Å². The van der Waals surface area contributed by atoms with E-state index in [9.17, 15) is 14.4 Å². The van der Waals surface area contributed by atoms with Crippen molar-refractivity contribution in [2.24, 2.45) is 0 Å². The van der Waals surface area contributed by atoms with Gasteiger partial charge in [-0.3, -0.25) is 14.4 Å². The van der Waals surface area contributed by atoms with Gasteiger partial charge in [0, 0.05) is 19.3 Å². The predicted molar refractivity (Wildman–Crippen MR) is 261 cm³/mol. The summed E-state index contributed by atoms with van der Waals surface area (Å²) in [6, 6.07) is 0. The van der Waals surface area contributed by atoms with Crippen molar-refractivity contribution in [3.8, 4) is 0 Å². The van der Waals surface area contributed by atoms with Gasteiger partial charge in [0.1, 0.15) is 13.2 Å². The van der Waals surface area contributed by atoms with Crippen LogP contribution < -0.4 is 0 Å². The van der Waals surface area contributed by atoms with Gasteiger partial charge in [-0.1, -0.05) is 231 Å². The van der Waals surface area contributed by atoms with Crippen LogP contribution in [-0.2, 0) is 28.6 Å². The van der Waals surface area contributed by atoms with Crippen molar-refractivity contribution in [3.05, 3.63) is 24.3 Å². The fourth-order valence-corrected chi connectivity index (χ4v) is 7.85. The Morgan fingerprint density at radius 1 is 0.311 bits per heavy atom. The molecule has 0 aliphatic heterocycles. The van der Waals surface area contributed by atoms with E-state index in [0.717, 1.165) is 77.0 Å². The van der Waals surface area contributed by atoms with Crippen molar-refractivity contribution in [3.63, 3.8) is 0 Å². The molecular weight excluding hydrogens is 757 g/mol. The highest BCUT2D eigenvalue weighted by Gasteiger charge is 2.19. The zero-order chi connectivity index (χ0) is 44.4. The normalized spacial score (nSPS) is 12.1. The van der Waals surface area contributed by atoms with E-state index in [4.69, 9.17) is 14.2 Å². The molecule has 6 heteroatoms. The number of rotatable bonds is 49. The second-order valence-electron chi connectivity index (χ2n) is 18.1. The lowest BCUT2D eigenvalue weighted by molar-refractivity contribution is -0.167. The van der Waals surface area contributed by atoms with Gasteiger partial charge in [-0.05, 0) is 64.2 Å². The van der Waals surface area contributed by atoms with Crippen LogP contribution in [0.5, 0.6) is 0 Å². The van der Waals surface area contributed by atoms with Crippen LogP contribution in [0, 0.1) is 0 Å². The predicted octanol–water partition coefficient (Wildman–Crippen LogP) is 17.5. The highest BCUT2D eigenvalue weighted by molar-refractivity contribution is 5.71. The number of allylic oxidation sites excluding steroid dienone is 4. The van der Waals surface area contributed by atoms with E-state index in [2.05, 4.69) is 45.1 Å². The maximum atomic E-state index is 12.8. The van der Waals surface area contributed by atoms with Gasteiger partial charge in [0.2, 0.25) is 0 Å². The van der Waals surface area contributed by atoms with E-state index in [1.54, 1.807) is 0 Å². The van der Waals surface area contributed by atoms with Crippen LogP contribution in [0.1, 0.15) is 290 Å². The van der Waals surface area contributed by atoms with Gasteiger partial charge in [0.05, 0.1) is 0 Å². The molecule has 0 N–H and O–H groups in total. The molecular formula is C55H102O6. The molecule has 0 aromatic carbocycles. The molecule has 0 saturated heterocycles. The summed E-state index contributed by atoms with van der Waals surface area (Å²) in [5.74, 6) is -0.880. The summed E-state index contributed by atoms with van der Waals surface area (Å²) in [6.45, 7) is 6.58. The van der Waals surface area contributed by atoms with Gasteiger partial charge in [0.25, 0.3) is 0 Å². The first-order valence-electron chi connectivity index (χ1n) is 26.8. The second-order valence-corrected chi connectivity index (χ2v) is 18.1. The van der Waals surface area contributed by atoms with Crippen molar-refractivity contribution < 1.29 is 28.6 Å². The molecule has 0 aromatic heterocycles. The Morgan fingerprint density at radius 3 is 0.902 bits per heavy atom. The summed E-state index contributed by atoms with van der Waals surface area (Å²) in [7, 11) is 0. The van der Waals surface area contributed by atoms with Crippen LogP contribution in [0.2, 0.25) is 0 Å². The molecule has 0 rings (SSSR count). The van der Waals surface area contributed by atoms with Crippen molar-refractivity contribution in [2.75, 3.05) is 13.2 Å². The van der Waals surface area contributed by atoms with Crippen LogP contribution in [0.25, 0.3) is 0 Å². The van der Waals surface area contributed by atoms with Crippen LogP contribution in [-0.4, -0.2) is 37.2 Å². The Hall–Kier alpha value is -2.11. The minimum atomic E-state index is -0.773. The molecule has 61 heavy (non-hydrogen) atoms. The number of carbonyl (C=O) groups is 3. The third-order valence-corrected chi connectivity index (χ3v) is 11.9. The number of esters is 3. The van der Waals surface area contributed by atoms with Crippen molar-refractivity contribution in [1.82, 2.24) is 0 Å². The van der Waals surface area contributed by atoms with Gasteiger partial charge >= 0.3 is 17.9 Å². The molecule has 6 nitrogen and oxygen atoms in total. The van der Waals surface area contributed by atoms with E-state index in [0.29, 0.717) is 19.3 Å². The van der Waals surface area contributed by atoms with Gasteiger partial charge in [-0.2, -0.15) is 0 Å². The zero-order valence-corrected chi connectivity index (χ0v) is 40.9. The standard InChI is InChI=1S/C55H102O6/c1-4-7-10-13-16-19-22-24-25-26-27-28-29-30-32-33-36-39-42-45-48-54(57)60-51-52(50-59-53(56)47-44-41-38-35-21-18-15-12-9-6-3)61-55(58)49-46-43-40-37-34-31-23-20-17-14-11-8-5-2/h12,15,20,23,52H,4-11,13-14,16-19,21-22,24-51H2,1-3H3/b15-12-,23-20-. The Morgan fingerprint density at radius 2 is 0.574 bits per heavy atom. The maximum absolute atomic E-state index is 12.8. The summed E-state index contributed by atoms with van der Waals surface area (Å²) < 4.78 is 16.8. The van der Waals surface area contributed by atoms with E-state index in [1.165, 1.54) is 173 Å². The molecule has 0 radical (unpaired) electrons. The second kappa shape index (κ2) is 50.5. The van der Waals surface area contributed by atoms with Gasteiger partial charge in [-0.25, -0.2) is 0 Å². The summed E-state index contributed by atoms with van der Waals surface area (Å²) in [5.41, 5.74) is 0. The first-order chi connectivity index (χ1) is 30.0. The monoisotopic (exact) mass is 859 g/mol. The van der Waals surface area contributed by atoms with Crippen molar-refractivity contribution >= 4 is 17.9 Å².